The lowest BCUT2D eigenvalue weighted by atomic mass is 9.78. The Balaban J connectivity index is 1.89. The van der Waals surface area contributed by atoms with Gasteiger partial charge in [-0.2, -0.15) is 0 Å². The molecule has 4 rings (SSSR count). The fourth-order valence-electron chi connectivity index (χ4n) is 4.97. The van der Waals surface area contributed by atoms with Crippen LogP contribution in [-0.4, -0.2) is 43.9 Å². The van der Waals surface area contributed by atoms with Gasteiger partial charge in [-0.1, -0.05) is 30.3 Å². The van der Waals surface area contributed by atoms with Crippen LogP contribution in [0.2, 0.25) is 0 Å². The van der Waals surface area contributed by atoms with Gasteiger partial charge < -0.3 is 9.64 Å². The average Bonchev–Trinajstić information content (AvgIpc) is 3.14. The van der Waals surface area contributed by atoms with E-state index in [-0.39, 0.29) is 11.3 Å². The number of ether oxygens (including phenoxy) is 1. The molecule has 7 heteroatoms. The molecule has 1 saturated heterocycles. The van der Waals surface area contributed by atoms with Gasteiger partial charge in [-0.15, -0.1) is 0 Å². The summed E-state index contributed by atoms with van der Waals surface area (Å²) in [5, 5.41) is 0. The molecule has 1 aliphatic heterocycles. The standard InChI is InChI=1S/C24H27NO5S/c1-23(2,3)30-22(27)25-14-13-24(31(28,29)19-7-5-4-6-8-19)20-11-9-17(16-26)15-18(20)10-12-21(24)25/h4-9,11,15-16,21H,10,12-14H2,1-3H3/t21-,24-/m1/s1. The van der Waals surface area contributed by atoms with Crippen molar-refractivity contribution in [2.24, 2.45) is 0 Å². The van der Waals surface area contributed by atoms with Gasteiger partial charge in [-0.3, -0.25) is 4.79 Å². The molecule has 0 unspecified atom stereocenters. The van der Waals surface area contributed by atoms with Crippen LogP contribution in [0.15, 0.2) is 53.4 Å². The van der Waals surface area contributed by atoms with Gasteiger partial charge in [-0.05, 0) is 69.4 Å². The van der Waals surface area contributed by atoms with Crippen LogP contribution >= 0.6 is 0 Å². The number of amides is 1. The Bertz CT molecular complexity index is 1120. The maximum atomic E-state index is 14.1. The fourth-order valence-corrected chi connectivity index (χ4v) is 7.36. The minimum Gasteiger partial charge on any atom is -0.444 e. The van der Waals surface area contributed by atoms with Crippen molar-refractivity contribution in [3.63, 3.8) is 0 Å². The van der Waals surface area contributed by atoms with Gasteiger partial charge in [0.25, 0.3) is 0 Å². The molecule has 2 aromatic carbocycles. The molecule has 0 bridgehead atoms. The predicted octanol–water partition coefficient (Wildman–Crippen LogP) is 4.12. The van der Waals surface area contributed by atoms with Crippen LogP contribution in [0.3, 0.4) is 0 Å². The second-order valence-corrected chi connectivity index (χ2v) is 11.4. The summed E-state index contributed by atoms with van der Waals surface area (Å²) in [6, 6.07) is 13.0. The first-order valence-electron chi connectivity index (χ1n) is 10.5. The molecule has 0 radical (unpaired) electrons. The lowest BCUT2D eigenvalue weighted by Gasteiger charge is -2.42. The maximum absolute atomic E-state index is 14.1. The van der Waals surface area contributed by atoms with Crippen molar-refractivity contribution >= 4 is 22.2 Å². The molecule has 0 spiro atoms. The van der Waals surface area contributed by atoms with Gasteiger partial charge in [0.05, 0.1) is 10.9 Å². The molecule has 164 valence electrons. The number of carbonyl (C=O) groups excluding carboxylic acids is 2. The van der Waals surface area contributed by atoms with E-state index in [1.54, 1.807) is 74.2 Å². The summed E-state index contributed by atoms with van der Waals surface area (Å²) in [7, 11) is -3.84. The lowest BCUT2D eigenvalue weighted by molar-refractivity contribution is 0.0202. The van der Waals surface area contributed by atoms with Crippen LogP contribution in [0.25, 0.3) is 0 Å². The van der Waals surface area contributed by atoms with Crippen LogP contribution in [0, 0.1) is 0 Å². The summed E-state index contributed by atoms with van der Waals surface area (Å²) in [5.41, 5.74) is 1.38. The number of aldehydes is 1. The van der Waals surface area contributed by atoms with Gasteiger partial charge in [0, 0.05) is 12.1 Å². The molecule has 0 saturated carbocycles. The summed E-state index contributed by atoms with van der Waals surface area (Å²) < 4.78 is 32.6. The highest BCUT2D eigenvalue weighted by Gasteiger charge is 2.61. The van der Waals surface area contributed by atoms with E-state index in [1.807, 2.05) is 0 Å². The third kappa shape index (κ3) is 3.45. The summed E-state index contributed by atoms with van der Waals surface area (Å²) in [5.74, 6) is 0. The van der Waals surface area contributed by atoms with Gasteiger partial charge >= 0.3 is 6.09 Å². The number of carbonyl (C=O) groups is 2. The fraction of sp³-hybridized carbons (Fsp3) is 0.417. The van der Waals surface area contributed by atoms with Crippen molar-refractivity contribution in [2.45, 2.75) is 61.3 Å². The Morgan fingerprint density at radius 2 is 1.87 bits per heavy atom. The number of sulfone groups is 1. The van der Waals surface area contributed by atoms with Crippen molar-refractivity contribution < 1.29 is 22.7 Å². The quantitative estimate of drug-likeness (QED) is 0.669. The first-order valence-corrected chi connectivity index (χ1v) is 12.0. The second-order valence-electron chi connectivity index (χ2n) is 9.22. The minimum atomic E-state index is -3.84. The highest BCUT2D eigenvalue weighted by atomic mass is 32.2. The van der Waals surface area contributed by atoms with Gasteiger partial charge in [0.15, 0.2) is 9.84 Å². The van der Waals surface area contributed by atoms with Crippen molar-refractivity contribution in [3.05, 3.63) is 65.2 Å². The third-order valence-electron chi connectivity index (χ3n) is 6.21. The third-order valence-corrected chi connectivity index (χ3v) is 8.76. The summed E-state index contributed by atoms with van der Waals surface area (Å²) in [6.07, 6.45) is 1.64. The van der Waals surface area contributed by atoms with Crippen molar-refractivity contribution in [1.82, 2.24) is 4.90 Å². The minimum absolute atomic E-state index is 0.235. The highest BCUT2D eigenvalue weighted by molar-refractivity contribution is 7.92. The van der Waals surface area contributed by atoms with Crippen molar-refractivity contribution in [2.75, 3.05) is 6.54 Å². The van der Waals surface area contributed by atoms with Crippen molar-refractivity contribution in [1.29, 1.82) is 0 Å². The van der Waals surface area contributed by atoms with E-state index >= 15 is 0 Å². The van der Waals surface area contributed by atoms with Crippen LogP contribution < -0.4 is 0 Å². The van der Waals surface area contributed by atoms with Gasteiger partial charge in [0.1, 0.15) is 16.6 Å². The zero-order chi connectivity index (χ0) is 22.4. The largest absolute Gasteiger partial charge is 0.444 e. The molecule has 1 amide bonds. The molecule has 0 aromatic heterocycles. The van der Waals surface area contributed by atoms with Crippen molar-refractivity contribution in [3.8, 4) is 0 Å². The first kappa shape index (κ1) is 21.6. The number of fused-ring (bicyclic) bond motifs is 3. The Morgan fingerprint density at radius 3 is 2.52 bits per heavy atom. The van der Waals surface area contributed by atoms with E-state index in [9.17, 15) is 18.0 Å². The molecule has 0 N–H and O–H groups in total. The SMILES string of the molecule is CC(C)(C)OC(=O)N1CC[C@@]2(S(=O)(=O)c3ccccc3)c3ccc(C=O)cc3CC[C@@H]12. The van der Waals surface area contributed by atoms with Crippen LogP contribution in [0.4, 0.5) is 4.79 Å². The van der Waals surface area contributed by atoms with Gasteiger partial charge in [-0.25, -0.2) is 13.2 Å². The number of likely N-dealkylation sites (tertiary alicyclic amines) is 1. The van der Waals surface area contributed by atoms with Crippen LogP contribution in [0.1, 0.15) is 55.1 Å². The van der Waals surface area contributed by atoms with E-state index in [0.717, 1.165) is 11.8 Å². The molecule has 31 heavy (non-hydrogen) atoms. The molecule has 2 aliphatic rings. The Hall–Kier alpha value is -2.67. The Morgan fingerprint density at radius 1 is 1.16 bits per heavy atom. The van der Waals surface area contributed by atoms with Crippen LogP contribution in [0.5, 0.6) is 0 Å². The summed E-state index contributed by atoms with van der Waals surface area (Å²) in [6.45, 7) is 5.69. The number of aryl methyl sites for hydroxylation is 1. The molecule has 2 aromatic rings. The maximum Gasteiger partial charge on any atom is 0.410 e. The zero-order valence-electron chi connectivity index (χ0n) is 18.0. The lowest BCUT2D eigenvalue weighted by Crippen LogP contribution is -2.52. The molecular formula is C24H27NO5S. The summed E-state index contributed by atoms with van der Waals surface area (Å²) in [4.78, 5) is 26.1. The van der Waals surface area contributed by atoms with Gasteiger partial charge in [0.2, 0.25) is 0 Å². The second kappa shape index (κ2) is 7.48. The zero-order valence-corrected chi connectivity index (χ0v) is 18.8. The molecule has 6 nitrogen and oxygen atoms in total. The number of benzene rings is 2. The van der Waals surface area contributed by atoms with E-state index < -0.39 is 32.3 Å². The molecule has 1 aliphatic carbocycles. The highest BCUT2D eigenvalue weighted by Crippen LogP contribution is 2.53. The number of hydrogen-bond acceptors (Lipinski definition) is 5. The first-order chi connectivity index (χ1) is 14.6. The molecular weight excluding hydrogens is 414 g/mol. The Labute approximate surface area is 183 Å². The van der Waals surface area contributed by atoms with E-state index in [2.05, 4.69) is 0 Å². The van der Waals surface area contributed by atoms with E-state index in [0.29, 0.717) is 30.5 Å². The monoisotopic (exact) mass is 441 g/mol. The number of rotatable bonds is 3. The van der Waals surface area contributed by atoms with E-state index in [4.69, 9.17) is 4.74 Å². The molecule has 2 atom stereocenters. The summed E-state index contributed by atoms with van der Waals surface area (Å²) >= 11 is 0. The normalized spacial score (nSPS) is 23.1. The smallest absolute Gasteiger partial charge is 0.410 e. The average molecular weight is 442 g/mol. The topological polar surface area (TPSA) is 80.8 Å². The number of nitrogens with zero attached hydrogens (tertiary/aromatic N) is 1. The molecule has 1 fully saturated rings. The molecule has 1 heterocycles. The van der Waals surface area contributed by atoms with Crippen LogP contribution in [-0.2, 0) is 25.7 Å². The Kier molecular flexibility index (Phi) is 5.20. The number of hydrogen-bond donors (Lipinski definition) is 0. The predicted molar refractivity (Wildman–Crippen MR) is 117 cm³/mol. The van der Waals surface area contributed by atoms with E-state index in [1.165, 1.54) is 0 Å².